The van der Waals surface area contributed by atoms with E-state index < -0.39 is 5.97 Å². The van der Waals surface area contributed by atoms with Crippen molar-refractivity contribution in [2.24, 2.45) is 0 Å². The fraction of sp³-hybridized carbons (Fsp3) is 0.467. The minimum absolute atomic E-state index is 0.285. The number of para-hydroxylation sites is 1. The minimum Gasteiger partial charge on any atom is -0.480 e. The highest BCUT2D eigenvalue weighted by atomic mass is 16.4. The zero-order chi connectivity index (χ0) is 15.1. The maximum Gasteiger partial charge on any atom is 0.323 e. The predicted molar refractivity (Wildman–Crippen MR) is 79.1 cm³/mol. The Balaban J connectivity index is 2.90. The second kappa shape index (κ2) is 7.53. The first-order valence-electron chi connectivity index (χ1n) is 6.85. The second-order valence-electron chi connectivity index (χ2n) is 4.71. The molecular formula is C15H22N2O3. The second-order valence-corrected chi connectivity index (χ2v) is 4.71. The van der Waals surface area contributed by atoms with E-state index in [-0.39, 0.29) is 12.6 Å². The lowest BCUT2D eigenvalue weighted by atomic mass is 10.1. The number of carbonyl (C=O) groups is 2. The Labute approximate surface area is 119 Å². The molecule has 1 aromatic carbocycles. The Kier molecular flexibility index (Phi) is 6.03. The number of anilines is 1. The largest absolute Gasteiger partial charge is 0.480 e. The molecule has 5 heteroatoms. The molecule has 0 radical (unpaired) electrons. The standard InChI is InChI=1S/C15H22N2O3/c1-4-9-17(10-13(18)19)15(20)16-14-11(3)7-6-8-12(14)5-2/h6-8H,4-5,9-10H2,1-3H3,(H,16,20)(H,18,19). The summed E-state index contributed by atoms with van der Waals surface area (Å²) in [5.41, 5.74) is 2.81. The number of hydrogen-bond acceptors (Lipinski definition) is 2. The summed E-state index contributed by atoms with van der Waals surface area (Å²) in [4.78, 5) is 24.3. The summed E-state index contributed by atoms with van der Waals surface area (Å²) >= 11 is 0. The Morgan fingerprint density at radius 1 is 1.30 bits per heavy atom. The van der Waals surface area contributed by atoms with E-state index in [0.29, 0.717) is 6.54 Å². The lowest BCUT2D eigenvalue weighted by Gasteiger charge is -2.22. The molecule has 0 saturated carbocycles. The molecule has 110 valence electrons. The van der Waals surface area contributed by atoms with Crippen molar-refractivity contribution in [3.63, 3.8) is 0 Å². The molecule has 0 spiro atoms. The van der Waals surface area contributed by atoms with Gasteiger partial charge in [0.15, 0.2) is 0 Å². The van der Waals surface area contributed by atoms with E-state index in [0.717, 1.165) is 29.7 Å². The van der Waals surface area contributed by atoms with E-state index in [1.165, 1.54) is 4.90 Å². The van der Waals surface area contributed by atoms with Crippen LogP contribution in [0, 0.1) is 6.92 Å². The van der Waals surface area contributed by atoms with Gasteiger partial charge in [0.1, 0.15) is 6.54 Å². The third-order valence-corrected chi connectivity index (χ3v) is 3.08. The van der Waals surface area contributed by atoms with Crippen LogP contribution in [0.5, 0.6) is 0 Å². The van der Waals surface area contributed by atoms with Crippen LogP contribution in [-0.2, 0) is 11.2 Å². The fourth-order valence-corrected chi connectivity index (χ4v) is 2.07. The first-order chi connectivity index (χ1) is 9.49. The zero-order valence-electron chi connectivity index (χ0n) is 12.3. The van der Waals surface area contributed by atoms with E-state index >= 15 is 0 Å². The number of hydrogen-bond donors (Lipinski definition) is 2. The van der Waals surface area contributed by atoms with Crippen LogP contribution in [0.3, 0.4) is 0 Å². The van der Waals surface area contributed by atoms with Crippen molar-refractivity contribution in [3.8, 4) is 0 Å². The summed E-state index contributed by atoms with van der Waals surface area (Å²) in [5.74, 6) is -1.01. The van der Waals surface area contributed by atoms with E-state index in [1.807, 2.05) is 39.0 Å². The normalized spacial score (nSPS) is 10.2. The van der Waals surface area contributed by atoms with Gasteiger partial charge in [0, 0.05) is 12.2 Å². The van der Waals surface area contributed by atoms with Gasteiger partial charge in [0.05, 0.1) is 0 Å². The number of carbonyl (C=O) groups excluding carboxylic acids is 1. The molecule has 0 heterocycles. The maximum atomic E-state index is 12.2. The highest BCUT2D eigenvalue weighted by Crippen LogP contribution is 2.21. The van der Waals surface area contributed by atoms with Crippen molar-refractivity contribution in [1.29, 1.82) is 0 Å². The van der Waals surface area contributed by atoms with Gasteiger partial charge in [-0.05, 0) is 30.9 Å². The molecule has 0 unspecified atom stereocenters. The predicted octanol–water partition coefficient (Wildman–Crippen LogP) is 2.89. The molecule has 1 rings (SSSR count). The van der Waals surface area contributed by atoms with E-state index in [9.17, 15) is 9.59 Å². The molecule has 0 atom stereocenters. The topological polar surface area (TPSA) is 69.6 Å². The first kappa shape index (κ1) is 16.0. The van der Waals surface area contributed by atoms with Crippen LogP contribution in [0.15, 0.2) is 18.2 Å². The van der Waals surface area contributed by atoms with Crippen molar-refractivity contribution < 1.29 is 14.7 Å². The Hall–Kier alpha value is -2.04. The maximum absolute atomic E-state index is 12.2. The summed E-state index contributed by atoms with van der Waals surface area (Å²) in [5, 5.41) is 11.7. The average Bonchev–Trinajstić information content (AvgIpc) is 2.40. The lowest BCUT2D eigenvalue weighted by Crippen LogP contribution is -2.39. The van der Waals surface area contributed by atoms with Crippen LogP contribution in [0.25, 0.3) is 0 Å². The Bertz CT molecular complexity index is 486. The van der Waals surface area contributed by atoms with Gasteiger partial charge in [-0.3, -0.25) is 4.79 Å². The molecule has 20 heavy (non-hydrogen) atoms. The Morgan fingerprint density at radius 2 is 2.00 bits per heavy atom. The van der Waals surface area contributed by atoms with Crippen LogP contribution in [0.4, 0.5) is 10.5 Å². The smallest absolute Gasteiger partial charge is 0.323 e. The number of amides is 2. The molecule has 0 aliphatic heterocycles. The molecule has 5 nitrogen and oxygen atoms in total. The number of nitrogens with zero attached hydrogens (tertiary/aromatic N) is 1. The highest BCUT2D eigenvalue weighted by Gasteiger charge is 2.17. The number of nitrogens with one attached hydrogen (secondary N) is 1. The van der Waals surface area contributed by atoms with Crippen molar-refractivity contribution >= 4 is 17.7 Å². The number of urea groups is 1. The average molecular weight is 278 g/mol. The van der Waals surface area contributed by atoms with Crippen LogP contribution in [0.1, 0.15) is 31.4 Å². The number of carboxylic acid groups (broad SMARTS) is 1. The van der Waals surface area contributed by atoms with Gasteiger partial charge >= 0.3 is 12.0 Å². The van der Waals surface area contributed by atoms with Gasteiger partial charge in [-0.2, -0.15) is 0 Å². The van der Waals surface area contributed by atoms with Gasteiger partial charge in [-0.1, -0.05) is 32.0 Å². The molecule has 0 fully saturated rings. The molecular weight excluding hydrogens is 256 g/mol. The molecule has 0 aromatic heterocycles. The molecule has 0 bridgehead atoms. The summed E-state index contributed by atoms with van der Waals surface area (Å²) in [7, 11) is 0. The van der Waals surface area contributed by atoms with Crippen molar-refractivity contribution in [1.82, 2.24) is 4.90 Å². The summed E-state index contributed by atoms with van der Waals surface area (Å²) in [6.07, 6.45) is 1.53. The van der Waals surface area contributed by atoms with Crippen LogP contribution in [-0.4, -0.2) is 35.1 Å². The third-order valence-electron chi connectivity index (χ3n) is 3.08. The van der Waals surface area contributed by atoms with Gasteiger partial charge in [0.25, 0.3) is 0 Å². The van der Waals surface area contributed by atoms with Gasteiger partial charge in [-0.15, -0.1) is 0 Å². The van der Waals surface area contributed by atoms with Crippen molar-refractivity contribution in [3.05, 3.63) is 29.3 Å². The number of aryl methyl sites for hydroxylation is 2. The van der Waals surface area contributed by atoms with E-state index in [4.69, 9.17) is 5.11 Å². The van der Waals surface area contributed by atoms with Crippen molar-refractivity contribution in [2.75, 3.05) is 18.4 Å². The summed E-state index contributed by atoms with van der Waals surface area (Å²) < 4.78 is 0. The monoisotopic (exact) mass is 278 g/mol. The number of aliphatic carboxylic acids is 1. The number of benzene rings is 1. The van der Waals surface area contributed by atoms with Crippen LogP contribution < -0.4 is 5.32 Å². The fourth-order valence-electron chi connectivity index (χ4n) is 2.07. The SMILES string of the molecule is CCCN(CC(=O)O)C(=O)Nc1c(C)cccc1CC. The quantitative estimate of drug-likeness (QED) is 0.840. The molecule has 2 N–H and O–H groups in total. The van der Waals surface area contributed by atoms with E-state index in [1.54, 1.807) is 0 Å². The molecule has 0 saturated heterocycles. The van der Waals surface area contributed by atoms with Gasteiger partial charge in [-0.25, -0.2) is 4.79 Å². The molecule has 2 amide bonds. The highest BCUT2D eigenvalue weighted by molar-refractivity contribution is 5.92. The zero-order valence-corrected chi connectivity index (χ0v) is 12.3. The number of carboxylic acids is 1. The molecule has 0 aliphatic rings. The van der Waals surface area contributed by atoms with Gasteiger partial charge < -0.3 is 15.3 Å². The third kappa shape index (κ3) is 4.26. The minimum atomic E-state index is -1.01. The van der Waals surface area contributed by atoms with Crippen LogP contribution in [0.2, 0.25) is 0 Å². The Morgan fingerprint density at radius 3 is 2.55 bits per heavy atom. The van der Waals surface area contributed by atoms with E-state index in [2.05, 4.69) is 5.32 Å². The molecule has 1 aromatic rings. The van der Waals surface area contributed by atoms with Crippen molar-refractivity contribution in [2.45, 2.75) is 33.6 Å². The van der Waals surface area contributed by atoms with Crippen LogP contribution >= 0.6 is 0 Å². The lowest BCUT2D eigenvalue weighted by molar-refractivity contribution is -0.137. The number of rotatable bonds is 6. The summed E-state index contributed by atoms with van der Waals surface area (Å²) in [6.45, 7) is 5.99. The first-order valence-corrected chi connectivity index (χ1v) is 6.85. The van der Waals surface area contributed by atoms with Gasteiger partial charge in [0.2, 0.25) is 0 Å². The molecule has 0 aliphatic carbocycles. The summed E-state index contributed by atoms with van der Waals surface area (Å²) in [6, 6.07) is 5.48.